The molecule has 128 valence electrons. The van der Waals surface area contributed by atoms with Gasteiger partial charge in [0.05, 0.1) is 12.1 Å². The molecule has 6 heteroatoms. The molecule has 3 fully saturated rings. The van der Waals surface area contributed by atoms with Gasteiger partial charge in [-0.2, -0.15) is 0 Å². The summed E-state index contributed by atoms with van der Waals surface area (Å²) in [6, 6.07) is 1.52. The van der Waals surface area contributed by atoms with Crippen molar-refractivity contribution in [2.24, 2.45) is 0 Å². The number of quaternary nitrogens is 2. The van der Waals surface area contributed by atoms with Crippen LogP contribution in [0.5, 0.6) is 0 Å². The van der Waals surface area contributed by atoms with Crippen molar-refractivity contribution < 1.29 is 9.80 Å². The van der Waals surface area contributed by atoms with E-state index in [1.807, 2.05) is 4.90 Å². The zero-order valence-electron chi connectivity index (χ0n) is 14.3. The molecule has 23 heavy (non-hydrogen) atoms. The minimum Gasteiger partial charge on any atom is -0.323 e. The van der Waals surface area contributed by atoms with Crippen LogP contribution < -0.4 is 9.80 Å². The summed E-state index contributed by atoms with van der Waals surface area (Å²) in [5.41, 5.74) is 0. The predicted molar refractivity (Wildman–Crippen MR) is 87.3 cm³/mol. The lowest BCUT2D eigenvalue weighted by atomic mass is 9.95. The summed E-state index contributed by atoms with van der Waals surface area (Å²) in [5, 5.41) is 12.7. The quantitative estimate of drug-likeness (QED) is 0.779. The van der Waals surface area contributed by atoms with E-state index in [4.69, 9.17) is 0 Å². The maximum Gasteiger partial charge on any atom is 0.206 e. The Morgan fingerprint density at radius 3 is 2.30 bits per heavy atom. The van der Waals surface area contributed by atoms with E-state index in [2.05, 4.69) is 20.2 Å². The molecule has 2 aliphatic carbocycles. The number of hydrogen-bond donors (Lipinski definition) is 2. The number of aromatic nitrogens is 4. The fraction of sp³-hybridized carbons (Fsp3) is 0.941. The van der Waals surface area contributed by atoms with Gasteiger partial charge in [-0.3, -0.25) is 0 Å². The molecular formula is C17H32N6+2. The molecule has 0 atom stereocenters. The standard InChI is InChI=1S/C17H30N6/c1-2-8-16(9-3-1)23-17(18-19-20-23)14-21-10-12-22(13-11-21)15-6-4-5-7-15/h15-16H,1-14H2/p+2. The van der Waals surface area contributed by atoms with Crippen molar-refractivity contribution >= 4 is 0 Å². The topological polar surface area (TPSA) is 52.5 Å². The summed E-state index contributed by atoms with van der Waals surface area (Å²) >= 11 is 0. The van der Waals surface area contributed by atoms with Crippen LogP contribution in [0.1, 0.15) is 69.7 Å². The van der Waals surface area contributed by atoms with Crippen molar-refractivity contribution in [3.8, 4) is 0 Å². The number of nitrogens with zero attached hydrogens (tertiary/aromatic N) is 4. The second kappa shape index (κ2) is 7.26. The number of hydrogen-bond acceptors (Lipinski definition) is 3. The van der Waals surface area contributed by atoms with Gasteiger partial charge in [0.15, 0.2) is 0 Å². The van der Waals surface area contributed by atoms with Crippen LogP contribution in [-0.2, 0) is 6.54 Å². The van der Waals surface area contributed by atoms with Crippen LogP contribution >= 0.6 is 0 Å². The zero-order valence-corrected chi connectivity index (χ0v) is 14.3. The number of rotatable bonds is 4. The molecule has 2 saturated carbocycles. The predicted octanol–water partition coefficient (Wildman–Crippen LogP) is -0.596. The van der Waals surface area contributed by atoms with E-state index in [0.717, 1.165) is 18.4 Å². The summed E-state index contributed by atoms with van der Waals surface area (Å²) in [6.07, 6.45) is 12.4. The zero-order chi connectivity index (χ0) is 15.5. The summed E-state index contributed by atoms with van der Waals surface area (Å²) in [6.45, 7) is 6.25. The average molecular weight is 320 g/mol. The second-order valence-electron chi connectivity index (χ2n) is 7.90. The molecule has 1 aliphatic heterocycles. The molecule has 6 nitrogen and oxygen atoms in total. The van der Waals surface area contributed by atoms with Crippen molar-refractivity contribution in [3.05, 3.63) is 5.82 Å². The molecular weight excluding hydrogens is 288 g/mol. The Bertz CT molecular complexity index is 481. The number of tetrazole rings is 1. The molecule has 0 unspecified atom stereocenters. The Labute approximate surface area is 139 Å². The van der Waals surface area contributed by atoms with Gasteiger partial charge in [-0.15, -0.1) is 5.10 Å². The van der Waals surface area contributed by atoms with Crippen molar-refractivity contribution in [1.82, 2.24) is 20.2 Å². The molecule has 2 heterocycles. The summed E-state index contributed by atoms with van der Waals surface area (Å²) < 4.78 is 2.16. The van der Waals surface area contributed by atoms with Gasteiger partial charge >= 0.3 is 0 Å². The molecule has 0 spiro atoms. The molecule has 0 radical (unpaired) electrons. The van der Waals surface area contributed by atoms with Crippen LogP contribution in [0.25, 0.3) is 0 Å². The van der Waals surface area contributed by atoms with Gasteiger partial charge in [-0.25, -0.2) is 4.68 Å². The highest BCUT2D eigenvalue weighted by Crippen LogP contribution is 2.27. The monoisotopic (exact) mass is 320 g/mol. The van der Waals surface area contributed by atoms with Gasteiger partial charge in [0.2, 0.25) is 5.82 Å². The largest absolute Gasteiger partial charge is 0.323 e. The van der Waals surface area contributed by atoms with Crippen LogP contribution in [0, 0.1) is 0 Å². The smallest absolute Gasteiger partial charge is 0.206 e. The molecule has 3 aliphatic rings. The van der Waals surface area contributed by atoms with Crippen molar-refractivity contribution in [2.45, 2.75) is 76.4 Å². The normalized spacial score (nSPS) is 30.8. The van der Waals surface area contributed by atoms with Gasteiger partial charge in [0.1, 0.15) is 32.7 Å². The maximum absolute atomic E-state index is 4.36. The summed E-state index contributed by atoms with van der Waals surface area (Å²) in [4.78, 5) is 3.55. The van der Waals surface area contributed by atoms with Crippen LogP contribution in [0.15, 0.2) is 0 Å². The lowest BCUT2D eigenvalue weighted by Crippen LogP contribution is -3.29. The number of piperazine rings is 1. The van der Waals surface area contributed by atoms with Gasteiger partial charge < -0.3 is 9.80 Å². The Balaban J connectivity index is 1.32. The van der Waals surface area contributed by atoms with Gasteiger partial charge in [-0.05, 0) is 49.0 Å². The first kappa shape index (κ1) is 15.5. The van der Waals surface area contributed by atoms with E-state index < -0.39 is 0 Å². The molecule has 4 rings (SSSR count). The minimum atomic E-state index is 0.554. The minimum absolute atomic E-state index is 0.554. The van der Waals surface area contributed by atoms with E-state index in [-0.39, 0.29) is 0 Å². The van der Waals surface area contributed by atoms with Gasteiger partial charge in [-0.1, -0.05) is 19.3 Å². The highest BCUT2D eigenvalue weighted by molar-refractivity contribution is 4.83. The molecule has 1 aromatic rings. The first-order valence-electron chi connectivity index (χ1n) is 9.85. The maximum atomic E-state index is 4.36. The molecule has 0 aromatic carbocycles. The fourth-order valence-electron chi connectivity index (χ4n) is 5.01. The lowest BCUT2D eigenvalue weighted by Gasteiger charge is -2.33. The molecule has 2 N–H and O–H groups in total. The molecule has 0 amide bonds. The van der Waals surface area contributed by atoms with E-state index in [1.165, 1.54) is 84.0 Å². The van der Waals surface area contributed by atoms with E-state index >= 15 is 0 Å². The first-order valence-corrected chi connectivity index (χ1v) is 9.85. The van der Waals surface area contributed by atoms with Crippen LogP contribution in [0.3, 0.4) is 0 Å². The van der Waals surface area contributed by atoms with Gasteiger partial charge in [0, 0.05) is 0 Å². The third-order valence-corrected chi connectivity index (χ3v) is 6.42. The van der Waals surface area contributed by atoms with Crippen LogP contribution in [0.4, 0.5) is 0 Å². The lowest BCUT2D eigenvalue weighted by molar-refractivity contribution is -1.03. The highest BCUT2D eigenvalue weighted by atomic mass is 15.6. The van der Waals surface area contributed by atoms with Crippen LogP contribution in [0.2, 0.25) is 0 Å². The molecule has 0 bridgehead atoms. The van der Waals surface area contributed by atoms with Gasteiger partial charge in [0.25, 0.3) is 0 Å². The van der Waals surface area contributed by atoms with E-state index in [9.17, 15) is 0 Å². The van der Waals surface area contributed by atoms with Crippen LogP contribution in [-0.4, -0.2) is 52.4 Å². The fourth-order valence-corrected chi connectivity index (χ4v) is 5.01. The van der Waals surface area contributed by atoms with E-state index in [1.54, 1.807) is 4.90 Å². The third kappa shape index (κ3) is 3.58. The molecule has 1 saturated heterocycles. The first-order chi connectivity index (χ1) is 11.4. The third-order valence-electron chi connectivity index (χ3n) is 6.42. The molecule has 1 aromatic heterocycles. The van der Waals surface area contributed by atoms with E-state index in [0.29, 0.717) is 6.04 Å². The Morgan fingerprint density at radius 2 is 1.57 bits per heavy atom. The Kier molecular flexibility index (Phi) is 4.90. The SMILES string of the molecule is C1CCC(n2nnnc2C[NH+]2CC[NH+](C3CCCC3)CC2)CC1. The average Bonchev–Trinajstić information content (AvgIpc) is 3.28. The highest BCUT2D eigenvalue weighted by Gasteiger charge is 2.32. The Morgan fingerprint density at radius 1 is 0.870 bits per heavy atom. The van der Waals surface area contributed by atoms with Crippen molar-refractivity contribution in [3.63, 3.8) is 0 Å². The summed E-state index contributed by atoms with van der Waals surface area (Å²) in [5.74, 6) is 1.12. The Hall–Kier alpha value is -1.01. The van der Waals surface area contributed by atoms with Crippen molar-refractivity contribution in [2.75, 3.05) is 26.2 Å². The van der Waals surface area contributed by atoms with Crippen molar-refractivity contribution in [1.29, 1.82) is 0 Å². The second-order valence-corrected chi connectivity index (χ2v) is 7.90. The summed E-state index contributed by atoms with van der Waals surface area (Å²) in [7, 11) is 0. The number of nitrogens with one attached hydrogen (secondary N) is 2.